The zero-order valence-electron chi connectivity index (χ0n) is 11.3. The quantitative estimate of drug-likeness (QED) is 0.799. The number of rotatable bonds is 7. The molecule has 2 N–H and O–H groups in total. The predicted molar refractivity (Wildman–Crippen MR) is 69.7 cm³/mol. The Balaban J connectivity index is 2.44. The van der Waals surface area contributed by atoms with Crippen molar-refractivity contribution in [1.82, 2.24) is 4.90 Å². The van der Waals surface area contributed by atoms with E-state index in [-0.39, 0.29) is 11.7 Å². The highest BCUT2D eigenvalue weighted by atomic mass is 19.1. The summed E-state index contributed by atoms with van der Waals surface area (Å²) in [5.74, 6) is -1.37. The molecule has 1 rings (SSSR count). The summed E-state index contributed by atoms with van der Waals surface area (Å²) in [5, 5.41) is 19.0. The third-order valence-corrected chi connectivity index (χ3v) is 2.98. The van der Waals surface area contributed by atoms with Crippen molar-refractivity contribution in [1.29, 1.82) is 0 Å². The number of hydrogen-bond donors (Lipinski definition) is 2. The van der Waals surface area contributed by atoms with Crippen molar-refractivity contribution < 1.29 is 19.0 Å². The lowest BCUT2D eigenvalue weighted by Gasteiger charge is -2.19. The Morgan fingerprint density at radius 2 is 1.58 bits per heavy atom. The zero-order chi connectivity index (χ0) is 14.4. The first-order valence-electron chi connectivity index (χ1n) is 6.39. The topological polar surface area (TPSA) is 43.7 Å². The molecule has 0 saturated heterocycles. The van der Waals surface area contributed by atoms with Gasteiger partial charge in [0.05, 0.1) is 12.2 Å². The van der Waals surface area contributed by atoms with Gasteiger partial charge in [-0.1, -0.05) is 0 Å². The predicted octanol–water partition coefficient (Wildman–Crippen LogP) is 2.09. The average Bonchev–Trinajstić information content (AvgIpc) is 2.32. The van der Waals surface area contributed by atoms with Gasteiger partial charge in [0.15, 0.2) is 0 Å². The number of aliphatic hydroxyl groups excluding tert-OH is 2. The van der Waals surface area contributed by atoms with Crippen LogP contribution in [-0.2, 0) is 0 Å². The second kappa shape index (κ2) is 7.53. The van der Waals surface area contributed by atoms with E-state index >= 15 is 0 Å². The molecule has 0 radical (unpaired) electrons. The summed E-state index contributed by atoms with van der Waals surface area (Å²) in [4.78, 5) is 1.96. The van der Waals surface area contributed by atoms with Gasteiger partial charge >= 0.3 is 0 Å². The number of benzene rings is 1. The molecular weight excluding hydrogens is 252 g/mol. The molecule has 0 aliphatic heterocycles. The van der Waals surface area contributed by atoms with E-state index in [1.54, 1.807) is 6.92 Å². The van der Waals surface area contributed by atoms with E-state index in [0.29, 0.717) is 25.9 Å². The van der Waals surface area contributed by atoms with Crippen molar-refractivity contribution in [3.05, 3.63) is 35.4 Å². The first-order chi connectivity index (χ1) is 8.88. The third kappa shape index (κ3) is 6.09. The van der Waals surface area contributed by atoms with Crippen molar-refractivity contribution in [3.63, 3.8) is 0 Å². The molecule has 5 heteroatoms. The van der Waals surface area contributed by atoms with Gasteiger partial charge in [0.1, 0.15) is 11.6 Å². The molecule has 0 bridgehead atoms. The summed E-state index contributed by atoms with van der Waals surface area (Å²) < 4.78 is 26.0. The largest absolute Gasteiger partial charge is 0.393 e. The second-order valence-electron chi connectivity index (χ2n) is 4.95. The SMILES string of the molecule is CC(O)CCN(C)CCC(O)c1cc(F)cc(F)c1. The van der Waals surface area contributed by atoms with Crippen LogP contribution in [0.25, 0.3) is 0 Å². The van der Waals surface area contributed by atoms with Crippen LogP contribution in [0.15, 0.2) is 18.2 Å². The molecular formula is C14H21F2NO2. The van der Waals surface area contributed by atoms with Crippen LogP contribution >= 0.6 is 0 Å². The zero-order valence-corrected chi connectivity index (χ0v) is 11.3. The smallest absolute Gasteiger partial charge is 0.126 e. The minimum atomic E-state index is -0.890. The molecule has 1 aromatic carbocycles. The number of nitrogens with zero attached hydrogens (tertiary/aromatic N) is 1. The fraction of sp³-hybridized carbons (Fsp3) is 0.571. The Bertz CT molecular complexity index is 379. The molecule has 19 heavy (non-hydrogen) atoms. The molecule has 3 nitrogen and oxygen atoms in total. The van der Waals surface area contributed by atoms with E-state index in [2.05, 4.69) is 0 Å². The fourth-order valence-corrected chi connectivity index (χ4v) is 1.80. The van der Waals surface area contributed by atoms with Crippen molar-refractivity contribution in [2.75, 3.05) is 20.1 Å². The molecule has 2 atom stereocenters. The number of halogens is 2. The molecule has 0 fully saturated rings. The third-order valence-electron chi connectivity index (χ3n) is 2.98. The van der Waals surface area contributed by atoms with Crippen LogP contribution < -0.4 is 0 Å². The summed E-state index contributed by atoms with van der Waals surface area (Å²) in [6.45, 7) is 3.02. The Hall–Kier alpha value is -1.04. The van der Waals surface area contributed by atoms with Gasteiger partial charge in [-0.05, 0) is 44.5 Å². The molecule has 0 aliphatic carbocycles. The Kier molecular flexibility index (Phi) is 6.34. The normalized spacial score (nSPS) is 14.7. The lowest BCUT2D eigenvalue weighted by Crippen LogP contribution is -2.24. The molecule has 0 amide bonds. The van der Waals surface area contributed by atoms with Gasteiger partial charge in [0.25, 0.3) is 0 Å². The lowest BCUT2D eigenvalue weighted by molar-refractivity contribution is 0.135. The molecule has 2 unspecified atom stereocenters. The first kappa shape index (κ1) is 16.0. The summed E-state index contributed by atoms with van der Waals surface area (Å²) in [6, 6.07) is 3.07. The molecule has 0 heterocycles. The maximum atomic E-state index is 13.0. The highest BCUT2D eigenvalue weighted by Crippen LogP contribution is 2.19. The molecule has 0 aliphatic rings. The summed E-state index contributed by atoms with van der Waals surface area (Å²) >= 11 is 0. The Morgan fingerprint density at radius 1 is 1.05 bits per heavy atom. The van der Waals surface area contributed by atoms with Crippen LogP contribution in [-0.4, -0.2) is 41.4 Å². The Labute approximate surface area is 112 Å². The highest BCUT2D eigenvalue weighted by Gasteiger charge is 2.12. The van der Waals surface area contributed by atoms with Crippen LogP contribution in [0.3, 0.4) is 0 Å². The molecule has 0 saturated carbocycles. The molecule has 1 aromatic rings. The van der Waals surface area contributed by atoms with Gasteiger partial charge in [-0.25, -0.2) is 8.78 Å². The summed E-state index contributed by atoms with van der Waals surface area (Å²) in [7, 11) is 1.88. The van der Waals surface area contributed by atoms with Crippen LogP contribution in [0.1, 0.15) is 31.4 Å². The van der Waals surface area contributed by atoms with Gasteiger partial charge in [-0.15, -0.1) is 0 Å². The van der Waals surface area contributed by atoms with Gasteiger partial charge in [0, 0.05) is 19.2 Å². The minimum absolute atomic E-state index is 0.251. The lowest BCUT2D eigenvalue weighted by atomic mass is 10.1. The second-order valence-corrected chi connectivity index (χ2v) is 4.95. The fourth-order valence-electron chi connectivity index (χ4n) is 1.80. The van der Waals surface area contributed by atoms with E-state index in [0.717, 1.165) is 18.2 Å². The molecule has 108 valence electrons. The monoisotopic (exact) mass is 273 g/mol. The number of hydrogen-bond acceptors (Lipinski definition) is 3. The van der Waals surface area contributed by atoms with Gasteiger partial charge < -0.3 is 15.1 Å². The standard InChI is InChI=1S/C14H21F2NO2/c1-10(18)3-5-17(2)6-4-14(19)11-7-12(15)9-13(16)8-11/h7-10,14,18-19H,3-6H2,1-2H3. The number of aliphatic hydroxyl groups is 2. The molecule has 0 aromatic heterocycles. The van der Waals surface area contributed by atoms with Crippen LogP contribution in [0, 0.1) is 11.6 Å². The maximum absolute atomic E-state index is 13.0. The van der Waals surface area contributed by atoms with Gasteiger partial charge in [-0.3, -0.25) is 0 Å². The van der Waals surface area contributed by atoms with Crippen molar-refractivity contribution in [2.24, 2.45) is 0 Å². The Morgan fingerprint density at radius 3 is 2.11 bits per heavy atom. The van der Waals surface area contributed by atoms with Gasteiger partial charge in [0.2, 0.25) is 0 Å². The van der Waals surface area contributed by atoms with Crippen LogP contribution in [0.5, 0.6) is 0 Å². The maximum Gasteiger partial charge on any atom is 0.126 e. The van der Waals surface area contributed by atoms with Crippen molar-refractivity contribution in [3.8, 4) is 0 Å². The van der Waals surface area contributed by atoms with E-state index in [1.165, 1.54) is 0 Å². The highest BCUT2D eigenvalue weighted by molar-refractivity contribution is 5.20. The summed E-state index contributed by atoms with van der Waals surface area (Å²) in [6.07, 6.45) is -0.204. The van der Waals surface area contributed by atoms with E-state index < -0.39 is 17.7 Å². The van der Waals surface area contributed by atoms with Crippen LogP contribution in [0.4, 0.5) is 8.78 Å². The van der Waals surface area contributed by atoms with E-state index in [1.807, 2.05) is 11.9 Å². The van der Waals surface area contributed by atoms with Crippen molar-refractivity contribution in [2.45, 2.75) is 32.0 Å². The van der Waals surface area contributed by atoms with Gasteiger partial charge in [-0.2, -0.15) is 0 Å². The van der Waals surface area contributed by atoms with E-state index in [4.69, 9.17) is 5.11 Å². The summed E-state index contributed by atoms with van der Waals surface area (Å²) in [5.41, 5.74) is 0.251. The minimum Gasteiger partial charge on any atom is -0.393 e. The van der Waals surface area contributed by atoms with Crippen LogP contribution in [0.2, 0.25) is 0 Å². The first-order valence-corrected chi connectivity index (χ1v) is 6.39. The average molecular weight is 273 g/mol. The van der Waals surface area contributed by atoms with E-state index in [9.17, 15) is 13.9 Å². The van der Waals surface area contributed by atoms with Crippen molar-refractivity contribution >= 4 is 0 Å². The molecule has 0 spiro atoms.